The minimum absolute atomic E-state index is 0.265. The van der Waals surface area contributed by atoms with Crippen LogP contribution < -0.4 is 26.5 Å². The quantitative estimate of drug-likeness (QED) is 0.163. The number of para-hydroxylation sites is 2. The van der Waals surface area contributed by atoms with E-state index in [-0.39, 0.29) is 10.8 Å². The van der Waals surface area contributed by atoms with Gasteiger partial charge in [0.05, 0.1) is 21.8 Å². The molecule has 7 nitrogen and oxygen atoms in total. The number of rotatable bonds is 4. The number of hydrogen-bond acceptors (Lipinski definition) is 5. The Bertz CT molecular complexity index is 1460. The highest BCUT2D eigenvalue weighted by Crippen LogP contribution is 2.43. The Hall–Kier alpha value is -4.17. The number of nitrogens with zero attached hydrogens (tertiary/aromatic N) is 1. The van der Waals surface area contributed by atoms with Crippen molar-refractivity contribution in [3.05, 3.63) is 106 Å². The van der Waals surface area contributed by atoms with Crippen LogP contribution in [0.15, 0.2) is 95.8 Å². The summed E-state index contributed by atoms with van der Waals surface area (Å²) in [5.41, 5.74) is 8.47. The number of hydrogen-bond donors (Lipinski definition) is 3. The van der Waals surface area contributed by atoms with E-state index in [1.54, 1.807) is 54.6 Å². The van der Waals surface area contributed by atoms with Gasteiger partial charge >= 0.3 is 0 Å². The maximum absolute atomic E-state index is 14.5. The Balaban J connectivity index is 1.83. The molecule has 0 aliphatic carbocycles. The van der Waals surface area contributed by atoms with Crippen LogP contribution in [0.1, 0.15) is 0 Å². The monoisotopic (exact) mass is 424 g/mol. The fourth-order valence-corrected chi connectivity index (χ4v) is 4.08. The third kappa shape index (κ3) is 2.92. The Morgan fingerprint density at radius 2 is 1.44 bits per heavy atom. The number of nitrogens with two attached hydrogens (primary N) is 2. The smallest absolute Gasteiger partial charge is 0.199 e. The summed E-state index contributed by atoms with van der Waals surface area (Å²) in [6.45, 7) is 0. The van der Waals surface area contributed by atoms with Gasteiger partial charge in [-0.25, -0.2) is 0 Å². The van der Waals surface area contributed by atoms with Crippen LogP contribution in [0.5, 0.6) is 5.75 Å². The molecule has 0 unspecified atom stereocenters. The molecule has 0 amide bonds. The molecule has 1 aromatic heterocycles. The molecule has 0 saturated heterocycles. The van der Waals surface area contributed by atoms with E-state index in [1.807, 2.05) is 36.4 Å². The molecule has 0 saturated carbocycles. The standard InChI is InChI=1S/C25H20N4O3/c26-20-12-14-22(32-27)24-23(20)25(30)19-15-18(11-13-21(19)28-24)29(31,16-7-3-1-4-8-16)17-9-5-2-6-10-17/h1-15H,26-27H2,(H,28,30). The molecule has 0 fully saturated rings. The van der Waals surface area contributed by atoms with Crippen LogP contribution in [0.4, 0.5) is 22.7 Å². The Morgan fingerprint density at radius 3 is 2.03 bits per heavy atom. The first kappa shape index (κ1) is 19.8. The average molecular weight is 424 g/mol. The minimum atomic E-state index is -0.851. The summed E-state index contributed by atoms with van der Waals surface area (Å²) in [6, 6.07) is 26.3. The largest absolute Gasteiger partial charge is 0.616 e. The molecule has 0 bridgehead atoms. The van der Waals surface area contributed by atoms with Crippen LogP contribution >= 0.6 is 0 Å². The SMILES string of the molecule is NOc1ccc(N)c2c(=O)c3cc([N+]([O-])(c4ccccc4)c4ccccc4)ccc3[nH]c12. The van der Waals surface area contributed by atoms with Crippen molar-refractivity contribution in [1.82, 2.24) is 9.63 Å². The van der Waals surface area contributed by atoms with Gasteiger partial charge < -0.3 is 20.8 Å². The van der Waals surface area contributed by atoms with E-state index in [2.05, 4.69) is 4.98 Å². The van der Waals surface area contributed by atoms with E-state index in [1.165, 1.54) is 0 Å². The topological polar surface area (TPSA) is 117 Å². The van der Waals surface area contributed by atoms with Gasteiger partial charge in [-0.2, -0.15) is 5.90 Å². The molecule has 0 atom stereocenters. The zero-order valence-electron chi connectivity index (χ0n) is 17.0. The van der Waals surface area contributed by atoms with Gasteiger partial charge in [0.2, 0.25) is 0 Å². The molecule has 1 heterocycles. The predicted octanol–water partition coefficient (Wildman–Crippen LogP) is 4.98. The second-order valence-corrected chi connectivity index (χ2v) is 7.49. The van der Waals surface area contributed by atoms with Crippen LogP contribution in [-0.2, 0) is 0 Å². The second-order valence-electron chi connectivity index (χ2n) is 7.49. The van der Waals surface area contributed by atoms with Crippen molar-refractivity contribution in [2.24, 2.45) is 5.90 Å². The Labute approximate surface area is 183 Å². The van der Waals surface area contributed by atoms with Crippen LogP contribution in [0, 0.1) is 5.21 Å². The van der Waals surface area contributed by atoms with Gasteiger partial charge in [-0.1, -0.05) is 36.4 Å². The summed E-state index contributed by atoms with van der Waals surface area (Å²) in [4.78, 5) is 21.5. The van der Waals surface area contributed by atoms with Crippen molar-refractivity contribution < 1.29 is 4.84 Å². The lowest BCUT2D eigenvalue weighted by molar-refractivity contribution is 0.338. The van der Waals surface area contributed by atoms with Crippen molar-refractivity contribution >= 4 is 44.6 Å². The molecule has 5 N–H and O–H groups in total. The lowest BCUT2D eigenvalue weighted by Gasteiger charge is -2.41. The summed E-state index contributed by atoms with van der Waals surface area (Å²) in [6.07, 6.45) is 0. The third-order valence-corrected chi connectivity index (χ3v) is 5.66. The summed E-state index contributed by atoms with van der Waals surface area (Å²) in [5.74, 6) is 5.67. The maximum atomic E-state index is 14.5. The minimum Gasteiger partial charge on any atom is -0.616 e. The van der Waals surface area contributed by atoms with E-state index in [0.29, 0.717) is 44.9 Å². The van der Waals surface area contributed by atoms with E-state index < -0.39 is 4.65 Å². The van der Waals surface area contributed by atoms with Crippen molar-refractivity contribution in [1.29, 1.82) is 0 Å². The molecule has 4 aromatic carbocycles. The number of quaternary nitrogens is 1. The predicted molar refractivity (Wildman–Crippen MR) is 129 cm³/mol. The average Bonchev–Trinajstić information content (AvgIpc) is 2.84. The van der Waals surface area contributed by atoms with Crippen molar-refractivity contribution in [3.8, 4) is 5.75 Å². The molecule has 5 rings (SSSR count). The fraction of sp³-hybridized carbons (Fsp3) is 0. The second kappa shape index (κ2) is 7.51. The summed E-state index contributed by atoms with van der Waals surface area (Å²) in [5, 5.41) is 15.1. The third-order valence-electron chi connectivity index (χ3n) is 5.66. The first-order chi connectivity index (χ1) is 15.5. The molecule has 0 spiro atoms. The van der Waals surface area contributed by atoms with E-state index in [0.717, 1.165) is 0 Å². The number of nitrogens with one attached hydrogen (secondary N) is 1. The van der Waals surface area contributed by atoms with E-state index in [4.69, 9.17) is 16.5 Å². The highest BCUT2D eigenvalue weighted by molar-refractivity contribution is 6.02. The van der Waals surface area contributed by atoms with Crippen LogP contribution in [-0.4, -0.2) is 4.98 Å². The van der Waals surface area contributed by atoms with E-state index in [9.17, 15) is 10.0 Å². The number of aromatic amines is 1. The maximum Gasteiger partial charge on any atom is 0.199 e. The first-order valence-electron chi connectivity index (χ1n) is 10.0. The first-order valence-corrected chi connectivity index (χ1v) is 10.0. The van der Waals surface area contributed by atoms with Crippen LogP contribution in [0.25, 0.3) is 21.8 Å². The lowest BCUT2D eigenvalue weighted by Crippen LogP contribution is -2.31. The Morgan fingerprint density at radius 1 is 0.812 bits per heavy atom. The highest BCUT2D eigenvalue weighted by atomic mass is 16.6. The molecular weight excluding hydrogens is 404 g/mol. The van der Waals surface area contributed by atoms with Crippen molar-refractivity contribution in [3.63, 3.8) is 0 Å². The molecule has 0 radical (unpaired) electrons. The zero-order valence-corrected chi connectivity index (χ0v) is 17.0. The number of fused-ring (bicyclic) bond motifs is 2. The van der Waals surface area contributed by atoms with Crippen LogP contribution in [0.3, 0.4) is 0 Å². The van der Waals surface area contributed by atoms with Gasteiger partial charge in [0, 0.05) is 42.1 Å². The van der Waals surface area contributed by atoms with Gasteiger partial charge in [-0.05, 0) is 18.2 Å². The summed E-state index contributed by atoms with van der Waals surface area (Å²) < 4.78 is -0.851. The van der Waals surface area contributed by atoms with Crippen molar-refractivity contribution in [2.45, 2.75) is 0 Å². The Kier molecular flexibility index (Phi) is 4.64. The van der Waals surface area contributed by atoms with Gasteiger partial charge in [-0.15, -0.1) is 0 Å². The zero-order chi connectivity index (χ0) is 22.3. The molecule has 5 aromatic rings. The van der Waals surface area contributed by atoms with E-state index >= 15 is 0 Å². The molecular formula is C25H20N4O3. The van der Waals surface area contributed by atoms with Gasteiger partial charge in [0.1, 0.15) is 17.1 Å². The molecule has 158 valence electrons. The fourth-order valence-electron chi connectivity index (χ4n) is 4.08. The van der Waals surface area contributed by atoms with Crippen LogP contribution in [0.2, 0.25) is 0 Å². The number of nitrogen functional groups attached to an aromatic ring is 1. The molecule has 0 aliphatic rings. The lowest BCUT2D eigenvalue weighted by atomic mass is 10.1. The number of H-pyrrole nitrogens is 1. The summed E-state index contributed by atoms with van der Waals surface area (Å²) in [7, 11) is 0. The number of anilines is 1. The van der Waals surface area contributed by atoms with Crippen molar-refractivity contribution in [2.75, 3.05) is 5.73 Å². The number of benzene rings is 4. The highest BCUT2D eigenvalue weighted by Gasteiger charge is 2.28. The van der Waals surface area contributed by atoms with Gasteiger partial charge in [-0.3, -0.25) is 9.44 Å². The molecule has 7 heteroatoms. The normalized spacial score (nSPS) is 11.7. The summed E-state index contributed by atoms with van der Waals surface area (Å²) >= 11 is 0. The molecule has 32 heavy (non-hydrogen) atoms. The van der Waals surface area contributed by atoms with Gasteiger partial charge in [0.25, 0.3) is 0 Å². The molecule has 0 aliphatic heterocycles. The number of pyridine rings is 1. The van der Waals surface area contributed by atoms with Gasteiger partial charge in [0.15, 0.2) is 11.2 Å². The number of aromatic nitrogens is 1.